The number of nitrogens with zero attached hydrogens (tertiary/aromatic N) is 1. The highest BCUT2D eigenvalue weighted by Crippen LogP contribution is 2.36. The van der Waals surface area contributed by atoms with E-state index < -0.39 is 53.5 Å². The van der Waals surface area contributed by atoms with Crippen LogP contribution in [-0.2, 0) is 33.3 Å². The van der Waals surface area contributed by atoms with Crippen LogP contribution in [0.15, 0.2) is 21.9 Å². The van der Waals surface area contributed by atoms with Crippen LogP contribution in [-0.4, -0.2) is 52.9 Å². The van der Waals surface area contributed by atoms with E-state index in [9.17, 15) is 24.0 Å². The van der Waals surface area contributed by atoms with Gasteiger partial charge in [-0.3, -0.25) is 28.7 Å². The first kappa shape index (κ1) is 20.4. The second-order valence-corrected chi connectivity index (χ2v) is 5.93. The minimum Gasteiger partial charge on any atom is -0.465 e. The SMILES string of the molecule is CC(=O)OC[C@@H]1[C@H](OC(C)=O)[C@@H](COC(C)=O)O[C@@H]1n1ccc(=O)[nH]c1=O. The lowest BCUT2D eigenvalue weighted by molar-refractivity contribution is -0.156. The Balaban J connectivity index is 2.39. The fourth-order valence-electron chi connectivity index (χ4n) is 2.77. The Morgan fingerprint density at radius 3 is 2.26 bits per heavy atom. The van der Waals surface area contributed by atoms with Crippen LogP contribution in [0.1, 0.15) is 27.0 Å². The van der Waals surface area contributed by atoms with E-state index in [1.807, 2.05) is 0 Å². The Morgan fingerprint density at radius 2 is 1.70 bits per heavy atom. The summed E-state index contributed by atoms with van der Waals surface area (Å²) in [7, 11) is 0. The molecule has 0 spiro atoms. The van der Waals surface area contributed by atoms with Gasteiger partial charge in [0.1, 0.15) is 31.6 Å². The lowest BCUT2D eigenvalue weighted by atomic mass is 10.00. The second-order valence-electron chi connectivity index (χ2n) is 5.93. The summed E-state index contributed by atoms with van der Waals surface area (Å²) in [6, 6.07) is 1.12. The van der Waals surface area contributed by atoms with Crippen molar-refractivity contribution in [3.8, 4) is 0 Å². The van der Waals surface area contributed by atoms with Crippen molar-refractivity contribution >= 4 is 17.9 Å². The van der Waals surface area contributed by atoms with Crippen LogP contribution in [0.25, 0.3) is 0 Å². The minimum absolute atomic E-state index is 0.222. The highest BCUT2D eigenvalue weighted by molar-refractivity contribution is 5.67. The molecule has 0 aromatic carbocycles. The van der Waals surface area contributed by atoms with Gasteiger partial charge in [-0.1, -0.05) is 0 Å². The fraction of sp³-hybridized carbons (Fsp3) is 0.562. The Morgan fingerprint density at radius 1 is 1.07 bits per heavy atom. The summed E-state index contributed by atoms with van der Waals surface area (Å²) in [4.78, 5) is 59.4. The number of rotatable bonds is 6. The van der Waals surface area contributed by atoms with Gasteiger partial charge in [0, 0.05) is 33.0 Å². The van der Waals surface area contributed by atoms with Crippen LogP contribution in [0.4, 0.5) is 0 Å². The van der Waals surface area contributed by atoms with Gasteiger partial charge >= 0.3 is 23.6 Å². The quantitative estimate of drug-likeness (QED) is 0.488. The first-order valence-corrected chi connectivity index (χ1v) is 8.10. The van der Waals surface area contributed by atoms with E-state index in [1.165, 1.54) is 27.0 Å². The van der Waals surface area contributed by atoms with Gasteiger partial charge in [0.05, 0.1) is 5.92 Å². The zero-order valence-corrected chi connectivity index (χ0v) is 15.0. The molecule has 1 aliphatic heterocycles. The average Bonchev–Trinajstić information content (AvgIpc) is 2.87. The predicted molar refractivity (Wildman–Crippen MR) is 87.5 cm³/mol. The molecular formula is C16H20N2O9. The average molecular weight is 384 g/mol. The van der Waals surface area contributed by atoms with Crippen molar-refractivity contribution in [3.63, 3.8) is 0 Å². The molecule has 4 atom stereocenters. The van der Waals surface area contributed by atoms with Gasteiger partial charge in [-0.15, -0.1) is 0 Å². The summed E-state index contributed by atoms with van der Waals surface area (Å²) in [5.41, 5.74) is -1.35. The maximum atomic E-state index is 12.1. The number of nitrogens with one attached hydrogen (secondary N) is 1. The topological polar surface area (TPSA) is 143 Å². The van der Waals surface area contributed by atoms with E-state index in [0.29, 0.717) is 0 Å². The first-order valence-electron chi connectivity index (χ1n) is 8.10. The smallest absolute Gasteiger partial charge is 0.330 e. The molecule has 0 unspecified atom stereocenters. The van der Waals surface area contributed by atoms with Crippen molar-refractivity contribution in [1.82, 2.24) is 9.55 Å². The molecule has 27 heavy (non-hydrogen) atoms. The zero-order chi connectivity index (χ0) is 20.1. The minimum atomic E-state index is -1.03. The summed E-state index contributed by atoms with van der Waals surface area (Å²) in [5, 5.41) is 0. The number of aromatic amines is 1. The molecule has 1 saturated heterocycles. The van der Waals surface area contributed by atoms with Crippen molar-refractivity contribution in [3.05, 3.63) is 33.1 Å². The third-order valence-electron chi connectivity index (χ3n) is 3.83. The summed E-state index contributed by atoms with van der Waals surface area (Å²) in [6.45, 7) is 3.13. The molecule has 1 N–H and O–H groups in total. The maximum absolute atomic E-state index is 12.1. The highest BCUT2D eigenvalue weighted by atomic mass is 16.6. The molecule has 148 valence electrons. The number of H-pyrrole nitrogens is 1. The molecule has 11 nitrogen and oxygen atoms in total. The third kappa shape index (κ3) is 5.26. The fourth-order valence-corrected chi connectivity index (χ4v) is 2.77. The number of carbonyl (C=O) groups excluding carboxylic acids is 3. The Bertz CT molecular complexity index is 828. The number of ether oxygens (including phenoxy) is 4. The number of hydrogen-bond acceptors (Lipinski definition) is 9. The van der Waals surface area contributed by atoms with Gasteiger partial charge < -0.3 is 18.9 Å². The molecule has 0 bridgehead atoms. The van der Waals surface area contributed by atoms with Gasteiger partial charge in [0.25, 0.3) is 5.56 Å². The summed E-state index contributed by atoms with van der Waals surface area (Å²) in [6.07, 6.45) is -1.67. The lowest BCUT2D eigenvalue weighted by Crippen LogP contribution is -2.39. The van der Waals surface area contributed by atoms with E-state index in [1.54, 1.807) is 0 Å². The van der Waals surface area contributed by atoms with E-state index in [-0.39, 0.29) is 13.2 Å². The molecule has 1 aromatic heterocycles. The van der Waals surface area contributed by atoms with Crippen LogP contribution in [0, 0.1) is 5.92 Å². The Kier molecular flexibility index (Phi) is 6.50. The van der Waals surface area contributed by atoms with Gasteiger partial charge in [-0.05, 0) is 0 Å². The zero-order valence-electron chi connectivity index (χ0n) is 15.0. The molecule has 0 radical (unpaired) electrons. The van der Waals surface area contributed by atoms with Crippen molar-refractivity contribution in [1.29, 1.82) is 0 Å². The van der Waals surface area contributed by atoms with E-state index in [4.69, 9.17) is 18.9 Å². The largest absolute Gasteiger partial charge is 0.465 e. The van der Waals surface area contributed by atoms with Crippen LogP contribution in [0.3, 0.4) is 0 Å². The molecule has 1 aliphatic rings. The monoisotopic (exact) mass is 384 g/mol. The van der Waals surface area contributed by atoms with Crippen molar-refractivity contribution < 1.29 is 33.3 Å². The molecule has 0 aliphatic carbocycles. The van der Waals surface area contributed by atoms with Crippen LogP contribution < -0.4 is 11.2 Å². The number of carbonyl (C=O) groups is 3. The number of hydrogen-bond donors (Lipinski definition) is 1. The van der Waals surface area contributed by atoms with E-state index in [0.717, 1.165) is 10.6 Å². The molecule has 0 saturated carbocycles. The van der Waals surface area contributed by atoms with E-state index in [2.05, 4.69) is 4.98 Å². The normalized spacial score (nSPS) is 24.3. The highest BCUT2D eigenvalue weighted by Gasteiger charge is 2.49. The Labute approximate surface area is 153 Å². The molecule has 0 amide bonds. The molecule has 1 fully saturated rings. The van der Waals surface area contributed by atoms with Gasteiger partial charge in [0.15, 0.2) is 0 Å². The summed E-state index contributed by atoms with van der Waals surface area (Å²) in [5.74, 6) is -2.55. The summed E-state index contributed by atoms with van der Waals surface area (Å²) >= 11 is 0. The van der Waals surface area contributed by atoms with Crippen molar-refractivity contribution in [2.24, 2.45) is 5.92 Å². The molecule has 2 heterocycles. The second kappa shape index (κ2) is 8.62. The third-order valence-corrected chi connectivity index (χ3v) is 3.83. The standard InChI is InChI=1S/C16H20N2O9/c1-8(19)24-6-11-14(26-10(3)21)12(7-25-9(2)20)27-15(11)18-5-4-13(22)17-16(18)23/h4-5,11-12,14-15H,6-7H2,1-3H3,(H,17,22,23)/t11-,12-,14+,15+/m1/s1. The van der Waals surface area contributed by atoms with Crippen LogP contribution in [0.5, 0.6) is 0 Å². The van der Waals surface area contributed by atoms with Gasteiger partial charge in [-0.2, -0.15) is 0 Å². The maximum Gasteiger partial charge on any atom is 0.330 e. The lowest BCUT2D eigenvalue weighted by Gasteiger charge is -2.23. The van der Waals surface area contributed by atoms with Crippen LogP contribution >= 0.6 is 0 Å². The molecular weight excluding hydrogens is 364 g/mol. The molecule has 1 aromatic rings. The van der Waals surface area contributed by atoms with Crippen molar-refractivity contribution in [2.75, 3.05) is 13.2 Å². The molecule has 11 heteroatoms. The van der Waals surface area contributed by atoms with Crippen molar-refractivity contribution in [2.45, 2.75) is 39.2 Å². The first-order chi connectivity index (χ1) is 12.7. The van der Waals surface area contributed by atoms with E-state index >= 15 is 0 Å². The van der Waals surface area contributed by atoms with Gasteiger partial charge in [0.2, 0.25) is 0 Å². The Hall–Kier alpha value is -2.95. The molecule has 2 rings (SSSR count). The van der Waals surface area contributed by atoms with Crippen LogP contribution in [0.2, 0.25) is 0 Å². The number of aromatic nitrogens is 2. The number of esters is 3. The summed E-state index contributed by atoms with van der Waals surface area (Å²) < 4.78 is 22.1. The van der Waals surface area contributed by atoms with Gasteiger partial charge in [-0.25, -0.2) is 4.79 Å². The predicted octanol–water partition coefficient (Wildman–Crippen LogP) is -0.892.